The van der Waals surface area contributed by atoms with E-state index in [1.807, 2.05) is 6.07 Å². The zero-order chi connectivity index (χ0) is 28.7. The number of carbonyl (C=O) groups is 2. The third-order valence-electron chi connectivity index (χ3n) is 6.53. The van der Waals surface area contributed by atoms with Crippen molar-refractivity contribution in [3.63, 3.8) is 0 Å². The summed E-state index contributed by atoms with van der Waals surface area (Å²) in [7, 11) is -3.57. The number of carbonyl (C=O) groups excluding carboxylic acids is 2. The van der Waals surface area contributed by atoms with Crippen LogP contribution in [0.5, 0.6) is 11.5 Å². The Balaban J connectivity index is 1.42. The van der Waals surface area contributed by atoms with Gasteiger partial charge >= 0.3 is 0 Å². The molecule has 9 nitrogen and oxygen atoms in total. The third-order valence-corrected chi connectivity index (χ3v) is 8.09. The second kappa shape index (κ2) is 12.9. The van der Waals surface area contributed by atoms with Crippen LogP contribution in [0, 0.1) is 5.82 Å². The fourth-order valence-electron chi connectivity index (χ4n) is 4.26. The van der Waals surface area contributed by atoms with E-state index in [-0.39, 0.29) is 49.6 Å². The molecule has 0 bridgehead atoms. The number of aryl methyl sites for hydroxylation is 1. The van der Waals surface area contributed by atoms with Crippen LogP contribution in [0.4, 0.5) is 4.39 Å². The van der Waals surface area contributed by atoms with Gasteiger partial charge < -0.3 is 19.7 Å². The molecule has 1 aliphatic rings. The number of ether oxygens (including phenoxy) is 2. The van der Waals surface area contributed by atoms with Gasteiger partial charge in [-0.25, -0.2) is 17.5 Å². The van der Waals surface area contributed by atoms with Crippen molar-refractivity contribution in [2.24, 2.45) is 0 Å². The molecule has 3 aromatic carbocycles. The highest BCUT2D eigenvalue weighted by atomic mass is 32.2. The molecule has 0 saturated carbocycles. The third kappa shape index (κ3) is 7.36. The predicted octanol–water partition coefficient (Wildman–Crippen LogP) is 3.52. The Morgan fingerprint density at radius 3 is 2.30 bits per heavy atom. The Morgan fingerprint density at radius 2 is 1.60 bits per heavy atom. The first kappa shape index (κ1) is 29.0. The Morgan fingerprint density at radius 1 is 0.950 bits per heavy atom. The fraction of sp³-hybridized carbons (Fsp3) is 0.310. The number of rotatable bonds is 12. The molecule has 1 aliphatic heterocycles. The number of hydrogen-bond acceptors (Lipinski definition) is 6. The van der Waals surface area contributed by atoms with Crippen LogP contribution in [0.1, 0.15) is 37.0 Å². The summed E-state index contributed by atoms with van der Waals surface area (Å²) >= 11 is 0. The first-order valence-electron chi connectivity index (χ1n) is 12.9. The van der Waals surface area contributed by atoms with Gasteiger partial charge in [-0.05, 0) is 66.4 Å². The van der Waals surface area contributed by atoms with E-state index in [0.29, 0.717) is 23.5 Å². The van der Waals surface area contributed by atoms with E-state index in [0.717, 1.165) is 11.1 Å². The van der Waals surface area contributed by atoms with Crippen LogP contribution in [0.25, 0.3) is 0 Å². The summed E-state index contributed by atoms with van der Waals surface area (Å²) in [6.07, 6.45) is 0.450. The molecular weight excluding hydrogens is 537 g/mol. The summed E-state index contributed by atoms with van der Waals surface area (Å²) in [5.74, 6) is 0.259. The number of hydrogen-bond donors (Lipinski definition) is 2. The topological polar surface area (TPSA) is 114 Å². The molecule has 4 rings (SSSR count). The summed E-state index contributed by atoms with van der Waals surface area (Å²) in [6.45, 7) is 4.15. The molecule has 0 aliphatic carbocycles. The van der Waals surface area contributed by atoms with Crippen molar-refractivity contribution in [2.45, 2.75) is 50.7 Å². The number of nitrogens with one attached hydrogen (secondary N) is 2. The van der Waals surface area contributed by atoms with E-state index in [1.165, 1.54) is 29.2 Å². The molecule has 3 aromatic rings. The molecule has 1 heterocycles. The Labute approximate surface area is 233 Å². The first-order valence-corrected chi connectivity index (χ1v) is 14.4. The highest BCUT2D eigenvalue weighted by molar-refractivity contribution is 7.89. The normalized spacial score (nSPS) is 13.1. The number of nitrogens with zero attached hydrogens (tertiary/aromatic N) is 1. The van der Waals surface area contributed by atoms with E-state index in [2.05, 4.69) is 10.0 Å². The SMILES string of the molecule is CCNS(=O)(=O)c1ccc(CCC(=O)N(Cc2ccc(F)cc2)C(C)C(=O)NCc2ccc3c(c2)OCO3)cc1. The van der Waals surface area contributed by atoms with Crippen LogP contribution in [0.15, 0.2) is 71.6 Å². The van der Waals surface area contributed by atoms with E-state index < -0.39 is 21.9 Å². The second-order valence-electron chi connectivity index (χ2n) is 9.37. The van der Waals surface area contributed by atoms with E-state index in [4.69, 9.17) is 9.47 Å². The van der Waals surface area contributed by atoms with Gasteiger partial charge in [0, 0.05) is 26.1 Å². The minimum atomic E-state index is -3.57. The minimum Gasteiger partial charge on any atom is -0.454 e. The number of benzene rings is 3. The average molecular weight is 570 g/mol. The molecule has 0 radical (unpaired) electrons. The van der Waals surface area contributed by atoms with Crippen molar-refractivity contribution in [1.29, 1.82) is 0 Å². The summed E-state index contributed by atoms with van der Waals surface area (Å²) in [4.78, 5) is 28.1. The number of halogens is 1. The average Bonchev–Trinajstić information content (AvgIpc) is 3.42. The maximum atomic E-state index is 13.5. The summed E-state index contributed by atoms with van der Waals surface area (Å²) in [6, 6.07) is 16.7. The van der Waals surface area contributed by atoms with Gasteiger partial charge in [-0.1, -0.05) is 37.3 Å². The smallest absolute Gasteiger partial charge is 0.242 e. The van der Waals surface area contributed by atoms with Gasteiger partial charge in [0.2, 0.25) is 28.6 Å². The molecule has 0 fully saturated rings. The van der Waals surface area contributed by atoms with Crippen molar-refractivity contribution in [3.05, 3.63) is 89.2 Å². The molecule has 40 heavy (non-hydrogen) atoms. The van der Waals surface area contributed by atoms with Crippen LogP contribution in [0.3, 0.4) is 0 Å². The lowest BCUT2D eigenvalue weighted by atomic mass is 10.1. The van der Waals surface area contributed by atoms with E-state index in [1.54, 1.807) is 50.2 Å². The lowest BCUT2D eigenvalue weighted by Crippen LogP contribution is -2.47. The van der Waals surface area contributed by atoms with Gasteiger partial charge in [0.1, 0.15) is 11.9 Å². The Kier molecular flexibility index (Phi) is 9.38. The molecule has 1 atom stereocenters. The van der Waals surface area contributed by atoms with Crippen molar-refractivity contribution in [1.82, 2.24) is 14.9 Å². The van der Waals surface area contributed by atoms with Crippen LogP contribution >= 0.6 is 0 Å². The van der Waals surface area contributed by atoms with Crippen LogP contribution in [0.2, 0.25) is 0 Å². The zero-order valence-electron chi connectivity index (χ0n) is 22.4. The maximum Gasteiger partial charge on any atom is 0.242 e. The van der Waals surface area contributed by atoms with E-state index >= 15 is 0 Å². The molecule has 11 heteroatoms. The molecule has 2 N–H and O–H groups in total. The Bertz CT molecular complexity index is 1450. The maximum absolute atomic E-state index is 13.5. The summed E-state index contributed by atoms with van der Waals surface area (Å²) < 4.78 is 51.0. The van der Waals surface area contributed by atoms with Gasteiger partial charge in [-0.2, -0.15) is 0 Å². The number of amides is 2. The van der Waals surface area contributed by atoms with Crippen molar-refractivity contribution < 1.29 is 31.9 Å². The van der Waals surface area contributed by atoms with Crippen molar-refractivity contribution >= 4 is 21.8 Å². The minimum absolute atomic E-state index is 0.0975. The van der Waals surface area contributed by atoms with Gasteiger partial charge in [0.15, 0.2) is 11.5 Å². The van der Waals surface area contributed by atoms with Gasteiger partial charge in [-0.15, -0.1) is 0 Å². The lowest BCUT2D eigenvalue weighted by molar-refractivity contribution is -0.140. The summed E-state index contributed by atoms with van der Waals surface area (Å²) in [5, 5.41) is 2.87. The molecule has 0 saturated heterocycles. The van der Waals surface area contributed by atoms with E-state index in [9.17, 15) is 22.4 Å². The highest BCUT2D eigenvalue weighted by Crippen LogP contribution is 2.32. The Hall–Kier alpha value is -3.96. The van der Waals surface area contributed by atoms with Crippen LogP contribution in [-0.2, 0) is 39.1 Å². The predicted molar refractivity (Wildman–Crippen MR) is 146 cm³/mol. The van der Waals surface area contributed by atoms with Crippen molar-refractivity contribution in [2.75, 3.05) is 13.3 Å². The molecule has 1 unspecified atom stereocenters. The summed E-state index contributed by atoms with van der Waals surface area (Å²) in [5.41, 5.74) is 2.29. The molecular formula is C29H32FN3O6S. The van der Waals surface area contributed by atoms with Gasteiger partial charge in [0.25, 0.3) is 0 Å². The molecule has 212 valence electrons. The zero-order valence-corrected chi connectivity index (χ0v) is 23.2. The monoisotopic (exact) mass is 569 g/mol. The second-order valence-corrected chi connectivity index (χ2v) is 11.1. The van der Waals surface area contributed by atoms with Gasteiger partial charge in [0.05, 0.1) is 4.90 Å². The molecule has 2 amide bonds. The fourth-order valence-corrected chi connectivity index (χ4v) is 5.30. The number of fused-ring (bicyclic) bond motifs is 1. The highest BCUT2D eigenvalue weighted by Gasteiger charge is 2.26. The quantitative estimate of drug-likeness (QED) is 0.345. The largest absolute Gasteiger partial charge is 0.454 e. The standard InChI is InChI=1S/C29H32FN3O6S/c1-3-32-40(36,37)25-12-6-21(7-13-25)9-15-28(34)33(18-22-4-10-24(30)11-5-22)20(2)29(35)31-17-23-8-14-26-27(16-23)39-19-38-26/h4-8,10-14,16,20,32H,3,9,15,17-19H2,1-2H3,(H,31,35). The lowest BCUT2D eigenvalue weighted by Gasteiger charge is -2.29. The number of sulfonamides is 1. The van der Waals surface area contributed by atoms with Crippen LogP contribution < -0.4 is 19.5 Å². The first-order chi connectivity index (χ1) is 19.2. The van der Waals surface area contributed by atoms with Gasteiger partial charge in [-0.3, -0.25) is 9.59 Å². The molecule has 0 aromatic heterocycles. The molecule has 0 spiro atoms. The van der Waals surface area contributed by atoms with Crippen LogP contribution in [-0.4, -0.2) is 44.5 Å². The van der Waals surface area contributed by atoms with Crippen molar-refractivity contribution in [3.8, 4) is 11.5 Å².